The highest BCUT2D eigenvalue weighted by Gasteiger charge is 2.27. The van der Waals surface area contributed by atoms with E-state index in [1.165, 1.54) is 22.0 Å². The highest BCUT2D eigenvalue weighted by Crippen LogP contribution is 2.31. The highest BCUT2D eigenvalue weighted by molar-refractivity contribution is 9.10. The molecule has 1 aliphatic carbocycles. The Kier molecular flexibility index (Phi) is 6.03. The summed E-state index contributed by atoms with van der Waals surface area (Å²) >= 11 is 3.38. The van der Waals surface area contributed by atoms with Gasteiger partial charge in [0.15, 0.2) is 0 Å². The van der Waals surface area contributed by atoms with E-state index in [9.17, 15) is 13.2 Å². The number of sulfonamides is 1. The molecule has 1 aliphatic rings. The number of nitrogens with zero attached hydrogens (tertiary/aromatic N) is 1. The van der Waals surface area contributed by atoms with E-state index >= 15 is 0 Å². The fraction of sp³-hybridized carbons (Fsp3) is 0.350. The van der Waals surface area contributed by atoms with E-state index in [2.05, 4.69) is 27.3 Å². The minimum atomic E-state index is -3.62. The van der Waals surface area contributed by atoms with E-state index in [4.69, 9.17) is 0 Å². The quantitative estimate of drug-likeness (QED) is 0.725. The van der Waals surface area contributed by atoms with Gasteiger partial charge < -0.3 is 5.32 Å². The summed E-state index contributed by atoms with van der Waals surface area (Å²) < 4.78 is 27.5. The van der Waals surface area contributed by atoms with E-state index in [1.807, 2.05) is 18.2 Å². The van der Waals surface area contributed by atoms with Crippen molar-refractivity contribution in [1.29, 1.82) is 0 Å². The lowest BCUT2D eigenvalue weighted by molar-refractivity contribution is 0.0935. The van der Waals surface area contributed by atoms with Gasteiger partial charge in [0.25, 0.3) is 5.91 Å². The van der Waals surface area contributed by atoms with Crippen LogP contribution < -0.4 is 5.32 Å². The van der Waals surface area contributed by atoms with Crippen LogP contribution in [0, 0.1) is 0 Å². The average Bonchev–Trinajstić information content (AvgIpc) is 3.05. The first-order valence-electron chi connectivity index (χ1n) is 9.06. The van der Waals surface area contributed by atoms with E-state index in [0.29, 0.717) is 23.1 Å². The van der Waals surface area contributed by atoms with E-state index in [1.54, 1.807) is 19.9 Å². The van der Waals surface area contributed by atoms with Crippen LogP contribution in [0.5, 0.6) is 0 Å². The van der Waals surface area contributed by atoms with Crippen molar-refractivity contribution >= 4 is 31.9 Å². The second kappa shape index (κ2) is 8.12. The summed E-state index contributed by atoms with van der Waals surface area (Å²) in [5, 5.41) is 3.05. The number of aryl methyl sites for hydroxylation is 1. The van der Waals surface area contributed by atoms with Crippen molar-refractivity contribution in [3.8, 4) is 0 Å². The molecule has 0 radical (unpaired) electrons. The summed E-state index contributed by atoms with van der Waals surface area (Å²) in [7, 11) is -3.62. The molecule has 1 atom stereocenters. The Hall–Kier alpha value is -1.70. The molecule has 0 fully saturated rings. The number of carbonyl (C=O) groups is 1. The van der Waals surface area contributed by atoms with Crippen LogP contribution in [0.3, 0.4) is 0 Å². The summed E-state index contributed by atoms with van der Waals surface area (Å²) in [6, 6.07) is 12.6. The second-order valence-electron chi connectivity index (χ2n) is 6.49. The van der Waals surface area contributed by atoms with Crippen LogP contribution in [0.25, 0.3) is 0 Å². The molecular formula is C20H23BrN2O3S. The number of halogens is 1. The molecule has 144 valence electrons. The van der Waals surface area contributed by atoms with Crippen molar-refractivity contribution < 1.29 is 13.2 Å². The maximum atomic E-state index is 12.9. The van der Waals surface area contributed by atoms with Crippen LogP contribution in [-0.4, -0.2) is 31.7 Å². The Morgan fingerprint density at radius 3 is 2.59 bits per heavy atom. The van der Waals surface area contributed by atoms with Crippen LogP contribution in [-0.2, 0) is 16.4 Å². The molecule has 0 saturated heterocycles. The van der Waals surface area contributed by atoms with Crippen molar-refractivity contribution in [3.05, 3.63) is 63.6 Å². The number of rotatable bonds is 6. The smallest absolute Gasteiger partial charge is 0.252 e. The zero-order chi connectivity index (χ0) is 19.6. The molecule has 0 saturated carbocycles. The molecule has 0 spiro atoms. The molecule has 0 aromatic heterocycles. The Balaban J connectivity index is 1.88. The van der Waals surface area contributed by atoms with Crippen molar-refractivity contribution in [2.75, 3.05) is 13.1 Å². The number of benzene rings is 2. The SMILES string of the molecule is CCN(CC)S(=O)(=O)c1ccc(Br)c(C(=O)NC2CCc3ccccc32)c1. The lowest BCUT2D eigenvalue weighted by Crippen LogP contribution is -2.31. The first-order valence-corrected chi connectivity index (χ1v) is 11.3. The molecule has 7 heteroatoms. The van der Waals surface area contributed by atoms with Gasteiger partial charge in [0, 0.05) is 17.6 Å². The zero-order valence-corrected chi connectivity index (χ0v) is 17.8. The predicted molar refractivity (Wildman–Crippen MR) is 109 cm³/mol. The summed E-state index contributed by atoms with van der Waals surface area (Å²) in [4.78, 5) is 13.0. The molecule has 5 nitrogen and oxygen atoms in total. The van der Waals surface area contributed by atoms with E-state index < -0.39 is 10.0 Å². The average molecular weight is 451 g/mol. The van der Waals surface area contributed by atoms with Gasteiger partial charge in [-0.1, -0.05) is 38.1 Å². The van der Waals surface area contributed by atoms with Crippen molar-refractivity contribution in [2.24, 2.45) is 0 Å². The third kappa shape index (κ3) is 3.95. The molecule has 0 heterocycles. The largest absolute Gasteiger partial charge is 0.345 e. The maximum Gasteiger partial charge on any atom is 0.252 e. The molecule has 1 amide bonds. The molecule has 2 aromatic carbocycles. The Bertz CT molecular complexity index is 955. The van der Waals surface area contributed by atoms with Crippen molar-refractivity contribution in [2.45, 2.75) is 37.6 Å². The van der Waals surface area contributed by atoms with Gasteiger partial charge in [0.2, 0.25) is 10.0 Å². The topological polar surface area (TPSA) is 66.5 Å². The van der Waals surface area contributed by atoms with Gasteiger partial charge in [-0.3, -0.25) is 4.79 Å². The summed E-state index contributed by atoms with van der Waals surface area (Å²) in [5.74, 6) is -0.278. The Morgan fingerprint density at radius 2 is 1.89 bits per heavy atom. The maximum absolute atomic E-state index is 12.9. The molecule has 1 unspecified atom stereocenters. The number of nitrogens with one attached hydrogen (secondary N) is 1. The van der Waals surface area contributed by atoms with Crippen LogP contribution in [0.15, 0.2) is 51.8 Å². The standard InChI is InChI=1S/C20H23BrN2O3S/c1-3-23(4-2)27(25,26)15-10-11-18(21)17(13-15)20(24)22-19-12-9-14-7-5-6-8-16(14)19/h5-8,10-11,13,19H,3-4,9,12H2,1-2H3,(H,22,24). The van der Waals surface area contributed by atoms with Crippen LogP contribution in [0.4, 0.5) is 0 Å². The summed E-state index contributed by atoms with van der Waals surface area (Å²) in [5.41, 5.74) is 2.71. The summed E-state index contributed by atoms with van der Waals surface area (Å²) in [6.07, 6.45) is 1.78. The Morgan fingerprint density at radius 1 is 1.19 bits per heavy atom. The minimum Gasteiger partial charge on any atom is -0.345 e. The Labute approximate surface area is 169 Å². The zero-order valence-electron chi connectivity index (χ0n) is 15.4. The second-order valence-corrected chi connectivity index (χ2v) is 9.29. The van der Waals surface area contributed by atoms with Crippen LogP contribution >= 0.6 is 15.9 Å². The highest BCUT2D eigenvalue weighted by atomic mass is 79.9. The van der Waals surface area contributed by atoms with Gasteiger partial charge in [-0.15, -0.1) is 0 Å². The fourth-order valence-corrected chi connectivity index (χ4v) is 5.41. The molecule has 0 aliphatic heterocycles. The van der Waals surface area contributed by atoms with Gasteiger partial charge in [0.05, 0.1) is 16.5 Å². The normalized spacial score (nSPS) is 16.4. The van der Waals surface area contributed by atoms with E-state index in [-0.39, 0.29) is 16.8 Å². The summed E-state index contributed by atoms with van der Waals surface area (Å²) in [6.45, 7) is 4.36. The monoisotopic (exact) mass is 450 g/mol. The lowest BCUT2D eigenvalue weighted by Gasteiger charge is -2.19. The van der Waals surface area contributed by atoms with Gasteiger partial charge in [0.1, 0.15) is 0 Å². The number of hydrogen-bond donors (Lipinski definition) is 1. The molecule has 0 bridgehead atoms. The number of hydrogen-bond acceptors (Lipinski definition) is 3. The third-order valence-electron chi connectivity index (χ3n) is 4.96. The molecule has 27 heavy (non-hydrogen) atoms. The number of fused-ring (bicyclic) bond motifs is 1. The van der Waals surface area contributed by atoms with Crippen molar-refractivity contribution in [3.63, 3.8) is 0 Å². The molecule has 3 rings (SSSR count). The fourth-order valence-electron chi connectivity index (χ4n) is 3.49. The molecule has 1 N–H and O–H groups in total. The van der Waals surface area contributed by atoms with Gasteiger partial charge in [-0.25, -0.2) is 8.42 Å². The lowest BCUT2D eigenvalue weighted by atomic mass is 10.1. The van der Waals surface area contributed by atoms with Gasteiger partial charge in [-0.05, 0) is 58.1 Å². The van der Waals surface area contributed by atoms with Gasteiger partial charge in [-0.2, -0.15) is 4.31 Å². The third-order valence-corrected chi connectivity index (χ3v) is 7.70. The minimum absolute atomic E-state index is 0.0522. The molecule has 2 aromatic rings. The first-order chi connectivity index (χ1) is 12.9. The van der Waals surface area contributed by atoms with E-state index in [0.717, 1.165) is 18.4 Å². The van der Waals surface area contributed by atoms with Crippen molar-refractivity contribution in [1.82, 2.24) is 9.62 Å². The van der Waals surface area contributed by atoms with Gasteiger partial charge >= 0.3 is 0 Å². The van der Waals surface area contributed by atoms with Crippen LogP contribution in [0.2, 0.25) is 0 Å². The molecular weight excluding hydrogens is 428 g/mol. The predicted octanol–water partition coefficient (Wildman–Crippen LogP) is 3.90. The first kappa shape index (κ1) is 20.0. The van der Waals surface area contributed by atoms with Crippen LogP contribution in [0.1, 0.15) is 47.8 Å². The number of amides is 1. The number of carbonyl (C=O) groups excluding carboxylic acids is 1.